The number of hydrogen-bond donors (Lipinski definition) is 1. The molecule has 0 radical (unpaired) electrons. The van der Waals surface area contributed by atoms with E-state index in [0.717, 1.165) is 53.8 Å². The topological polar surface area (TPSA) is 104 Å². The van der Waals surface area contributed by atoms with Crippen LogP contribution < -0.4 is 9.64 Å². The quantitative estimate of drug-likeness (QED) is 0.0733. The van der Waals surface area contributed by atoms with E-state index in [2.05, 4.69) is 6.07 Å². The lowest BCUT2D eigenvalue weighted by atomic mass is 9.99. The summed E-state index contributed by atoms with van der Waals surface area (Å²) in [7, 11) is -5.69. The molecule has 0 spiro atoms. The molecular weight excluding hydrogens is 774 g/mol. The van der Waals surface area contributed by atoms with E-state index in [1.54, 1.807) is 0 Å². The Labute approximate surface area is 317 Å². The molecule has 8 nitrogen and oxygen atoms in total. The standard InChI is InChI=1S/C39H33ClF6N2O6S/c40-29-17-27(41)7-5-23(29)11-12-47(55(52,53)38-36(45)34(43)33(42)35(44)37(38)46)19-32(49)48(30-10-6-24(39(50)51)16-31(30)54-28-8-9-28)18-20-13-25(21-1-2-21)15-26(14-20)22-3-4-22/h5-7,10,13-17,21-22,28H,1-4,8-9,11-12,18-19H2,(H,50,51). The number of carboxylic acid groups (broad SMARTS) is 1. The molecule has 1 amide bonds. The second-order valence-corrected chi connectivity index (χ2v) is 16.3. The van der Waals surface area contributed by atoms with Crippen LogP contribution in [-0.4, -0.2) is 48.9 Å². The van der Waals surface area contributed by atoms with Crippen LogP contribution in [0.2, 0.25) is 5.02 Å². The van der Waals surface area contributed by atoms with Crippen molar-refractivity contribution in [3.8, 4) is 5.75 Å². The first kappa shape index (κ1) is 38.7. The highest BCUT2D eigenvalue weighted by atomic mass is 35.5. The number of sulfonamides is 1. The molecule has 3 saturated carbocycles. The summed E-state index contributed by atoms with van der Waals surface area (Å²) in [6.45, 7) is -2.16. The predicted molar refractivity (Wildman–Crippen MR) is 189 cm³/mol. The van der Waals surface area contributed by atoms with Gasteiger partial charge in [0.2, 0.25) is 21.7 Å². The summed E-state index contributed by atoms with van der Waals surface area (Å²) in [6, 6.07) is 12.9. The van der Waals surface area contributed by atoms with Gasteiger partial charge in [0.25, 0.3) is 0 Å². The minimum Gasteiger partial charge on any atom is -0.488 e. The van der Waals surface area contributed by atoms with Gasteiger partial charge in [-0.15, -0.1) is 0 Å². The molecule has 55 heavy (non-hydrogen) atoms. The van der Waals surface area contributed by atoms with Crippen molar-refractivity contribution in [1.82, 2.24) is 4.31 Å². The normalized spacial score (nSPS) is 15.7. The summed E-state index contributed by atoms with van der Waals surface area (Å²) in [5, 5.41) is 9.59. The van der Waals surface area contributed by atoms with E-state index in [1.165, 1.54) is 24.3 Å². The summed E-state index contributed by atoms with van der Waals surface area (Å²) in [4.78, 5) is 25.6. The molecule has 0 heterocycles. The van der Waals surface area contributed by atoms with E-state index in [4.69, 9.17) is 16.3 Å². The molecule has 4 aromatic rings. The Bertz CT molecular complexity index is 2260. The number of carbonyl (C=O) groups is 2. The van der Waals surface area contributed by atoms with Gasteiger partial charge in [0.1, 0.15) is 11.6 Å². The average Bonchev–Trinajstić information content (AvgIpc) is 3.98. The highest BCUT2D eigenvalue weighted by Crippen LogP contribution is 2.46. The van der Waals surface area contributed by atoms with Gasteiger partial charge in [-0.25, -0.2) is 39.6 Å². The highest BCUT2D eigenvalue weighted by molar-refractivity contribution is 7.89. The second-order valence-electron chi connectivity index (χ2n) is 14.1. The second kappa shape index (κ2) is 15.1. The number of nitrogens with zero attached hydrogens (tertiary/aromatic N) is 2. The van der Waals surface area contributed by atoms with Gasteiger partial charge in [0, 0.05) is 11.6 Å². The van der Waals surface area contributed by atoms with Crippen LogP contribution in [0.25, 0.3) is 0 Å². The number of hydrogen-bond acceptors (Lipinski definition) is 5. The molecule has 0 aliphatic heterocycles. The maximum absolute atomic E-state index is 15.1. The first-order valence-electron chi connectivity index (χ1n) is 17.6. The van der Waals surface area contributed by atoms with Crippen molar-refractivity contribution in [3.63, 3.8) is 0 Å². The fourth-order valence-corrected chi connectivity index (χ4v) is 8.16. The van der Waals surface area contributed by atoms with Gasteiger partial charge in [0.15, 0.2) is 28.2 Å². The van der Waals surface area contributed by atoms with Gasteiger partial charge < -0.3 is 14.7 Å². The number of rotatable bonds is 15. The van der Waals surface area contributed by atoms with E-state index in [-0.39, 0.29) is 51.0 Å². The van der Waals surface area contributed by atoms with Crippen molar-refractivity contribution in [2.24, 2.45) is 0 Å². The van der Waals surface area contributed by atoms with Gasteiger partial charge in [-0.1, -0.05) is 35.9 Å². The summed E-state index contributed by atoms with van der Waals surface area (Å²) in [5.41, 5.74) is 2.83. The Morgan fingerprint density at radius 1 is 0.782 bits per heavy atom. The third kappa shape index (κ3) is 8.33. The van der Waals surface area contributed by atoms with Crippen molar-refractivity contribution >= 4 is 39.2 Å². The Kier molecular flexibility index (Phi) is 10.7. The molecule has 0 unspecified atom stereocenters. The monoisotopic (exact) mass is 806 g/mol. The van der Waals surface area contributed by atoms with Gasteiger partial charge in [0.05, 0.1) is 30.4 Å². The van der Waals surface area contributed by atoms with E-state index in [9.17, 15) is 40.7 Å². The van der Waals surface area contributed by atoms with Crippen molar-refractivity contribution in [2.75, 3.05) is 18.0 Å². The minimum atomic E-state index is -5.69. The van der Waals surface area contributed by atoms with Crippen molar-refractivity contribution in [1.29, 1.82) is 0 Å². The molecule has 3 aliphatic rings. The molecule has 16 heteroatoms. The van der Waals surface area contributed by atoms with Crippen LogP contribution in [0, 0.1) is 34.9 Å². The molecule has 3 aliphatic carbocycles. The third-order valence-electron chi connectivity index (χ3n) is 9.82. The van der Waals surface area contributed by atoms with Crippen LogP contribution >= 0.6 is 11.6 Å². The van der Waals surface area contributed by atoms with Crippen LogP contribution in [0.1, 0.15) is 83.0 Å². The van der Waals surface area contributed by atoms with Gasteiger partial charge in [-0.2, -0.15) is 4.31 Å². The highest BCUT2D eigenvalue weighted by Gasteiger charge is 2.39. The first-order chi connectivity index (χ1) is 26.1. The van der Waals surface area contributed by atoms with Crippen molar-refractivity contribution < 1.29 is 54.2 Å². The van der Waals surface area contributed by atoms with Crippen LogP contribution in [-0.2, 0) is 27.8 Å². The molecule has 1 N–H and O–H groups in total. The predicted octanol–water partition coefficient (Wildman–Crippen LogP) is 8.64. The fraction of sp³-hybridized carbons (Fsp3) is 0.333. The van der Waals surface area contributed by atoms with Crippen LogP contribution in [0.3, 0.4) is 0 Å². The number of ether oxygens (including phenoxy) is 1. The Balaban J connectivity index is 1.32. The van der Waals surface area contributed by atoms with Crippen LogP contribution in [0.5, 0.6) is 5.75 Å². The maximum atomic E-state index is 15.1. The average molecular weight is 807 g/mol. The number of carbonyl (C=O) groups excluding carboxylic acids is 1. The van der Waals surface area contributed by atoms with Crippen molar-refractivity contribution in [2.45, 2.75) is 74.3 Å². The molecule has 0 atom stereocenters. The zero-order valence-corrected chi connectivity index (χ0v) is 30.5. The number of aromatic carboxylic acids is 1. The SMILES string of the molecule is O=C(O)c1ccc(N(Cc2cc(C3CC3)cc(C3CC3)c2)C(=O)CN(CCc2ccc(F)cc2Cl)S(=O)(=O)c2c(F)c(F)c(F)c(F)c2F)c(OC2CC2)c1. The molecule has 290 valence electrons. The molecular formula is C39H33ClF6N2O6S. The van der Waals surface area contributed by atoms with Crippen molar-refractivity contribution in [3.05, 3.63) is 122 Å². The molecule has 0 saturated heterocycles. The largest absolute Gasteiger partial charge is 0.488 e. The number of benzene rings is 4. The lowest BCUT2D eigenvalue weighted by Crippen LogP contribution is -2.44. The summed E-state index contributed by atoms with van der Waals surface area (Å²) < 4.78 is 121. The Hall–Kier alpha value is -4.60. The molecule has 0 aromatic heterocycles. The van der Waals surface area contributed by atoms with E-state index >= 15 is 8.78 Å². The summed E-state index contributed by atoms with van der Waals surface area (Å²) >= 11 is 6.16. The minimum absolute atomic E-state index is 0.00350. The number of amides is 1. The van der Waals surface area contributed by atoms with Gasteiger partial charge in [-0.3, -0.25) is 4.79 Å². The molecule has 3 fully saturated rings. The molecule has 7 rings (SSSR count). The number of anilines is 1. The zero-order chi connectivity index (χ0) is 39.3. The molecule has 0 bridgehead atoms. The lowest BCUT2D eigenvalue weighted by Gasteiger charge is -2.29. The Morgan fingerprint density at radius 3 is 1.93 bits per heavy atom. The van der Waals surface area contributed by atoms with E-state index < -0.39 is 74.8 Å². The first-order valence-corrected chi connectivity index (χ1v) is 19.4. The number of carboxylic acids is 1. The summed E-state index contributed by atoms with van der Waals surface area (Å²) in [5.74, 6) is -15.2. The number of halogens is 7. The van der Waals surface area contributed by atoms with E-state index in [0.29, 0.717) is 30.2 Å². The molecule has 4 aromatic carbocycles. The fourth-order valence-electron chi connectivity index (χ4n) is 6.39. The van der Waals surface area contributed by atoms with Crippen LogP contribution in [0.15, 0.2) is 59.5 Å². The smallest absolute Gasteiger partial charge is 0.335 e. The third-order valence-corrected chi connectivity index (χ3v) is 12.0. The Morgan fingerprint density at radius 2 is 1.38 bits per heavy atom. The lowest BCUT2D eigenvalue weighted by molar-refractivity contribution is -0.119. The van der Waals surface area contributed by atoms with Gasteiger partial charge >= 0.3 is 5.97 Å². The summed E-state index contributed by atoms with van der Waals surface area (Å²) in [6.07, 6.45) is 4.56. The van der Waals surface area contributed by atoms with E-state index in [1.807, 2.05) is 12.1 Å². The van der Waals surface area contributed by atoms with Gasteiger partial charge in [-0.05, 0) is 109 Å². The zero-order valence-electron chi connectivity index (χ0n) is 28.9. The maximum Gasteiger partial charge on any atom is 0.335 e. The van der Waals surface area contributed by atoms with Crippen LogP contribution in [0.4, 0.5) is 32.0 Å².